The molecule has 0 saturated carbocycles. The molecule has 2 nitrogen and oxygen atoms in total. The summed E-state index contributed by atoms with van der Waals surface area (Å²) in [5.74, 6) is 0. The fourth-order valence-corrected chi connectivity index (χ4v) is 4.31. The van der Waals surface area contributed by atoms with Crippen molar-refractivity contribution in [1.82, 2.24) is 0 Å². The van der Waals surface area contributed by atoms with E-state index < -0.39 is 20.2 Å². The highest BCUT2D eigenvalue weighted by molar-refractivity contribution is 7.92. The van der Waals surface area contributed by atoms with Crippen LogP contribution in [0.25, 0.3) is 32.7 Å². The first-order valence-electron chi connectivity index (χ1n) is 8.12. The minimum absolute atomic E-state index is 0.0715. The van der Waals surface area contributed by atoms with Gasteiger partial charge in [-0.15, -0.1) is 0 Å². The largest absolute Gasteiger partial charge is 0.501 e. The summed E-state index contributed by atoms with van der Waals surface area (Å²) < 4.78 is 64.6. The van der Waals surface area contributed by atoms with E-state index in [4.69, 9.17) is 0 Å². The van der Waals surface area contributed by atoms with Gasteiger partial charge in [0, 0.05) is 5.56 Å². The maximum Gasteiger partial charge on any atom is 0.501 e. The molecule has 0 heterocycles. The molecule has 0 spiro atoms. The van der Waals surface area contributed by atoms with Gasteiger partial charge in [-0.3, -0.25) is 0 Å². The van der Waals surface area contributed by atoms with E-state index in [2.05, 4.69) is 0 Å². The Bertz CT molecular complexity index is 1270. The van der Waals surface area contributed by atoms with E-state index in [1.54, 1.807) is 48.5 Å². The second-order valence-electron chi connectivity index (χ2n) is 6.14. The third-order valence-electron chi connectivity index (χ3n) is 4.54. The standard InChI is InChI=1S/C21H13F3O2S/c22-21(23,24)27(25,26)19-13-12-15-7-2-4-10-17(15)20(19)18-11-5-8-14-6-1-3-9-16(14)18/h1-13H. The first-order valence-corrected chi connectivity index (χ1v) is 9.60. The predicted octanol–water partition coefficient (Wildman–Crippen LogP) is 5.95. The van der Waals surface area contributed by atoms with E-state index in [1.165, 1.54) is 6.07 Å². The molecule has 0 saturated heterocycles. The van der Waals surface area contributed by atoms with Gasteiger partial charge in [-0.1, -0.05) is 72.8 Å². The van der Waals surface area contributed by atoms with Crippen LogP contribution in [0.4, 0.5) is 13.2 Å². The summed E-state index contributed by atoms with van der Waals surface area (Å²) in [5, 5.41) is 2.63. The number of sulfone groups is 1. The minimum Gasteiger partial charge on any atom is -0.214 e. The van der Waals surface area contributed by atoms with Crippen molar-refractivity contribution in [2.24, 2.45) is 0 Å². The minimum atomic E-state index is -5.52. The molecule has 0 N–H and O–H groups in total. The molecule has 0 fully saturated rings. The van der Waals surface area contributed by atoms with Gasteiger partial charge in [0.2, 0.25) is 0 Å². The third kappa shape index (κ3) is 2.77. The lowest BCUT2D eigenvalue weighted by atomic mass is 9.94. The summed E-state index contributed by atoms with van der Waals surface area (Å²) in [5.41, 5.74) is -4.86. The van der Waals surface area contributed by atoms with E-state index in [0.717, 1.165) is 11.5 Å². The Morgan fingerprint density at radius 1 is 0.630 bits per heavy atom. The lowest BCUT2D eigenvalue weighted by Crippen LogP contribution is -2.24. The lowest BCUT2D eigenvalue weighted by molar-refractivity contribution is -0.0435. The Morgan fingerprint density at radius 2 is 1.19 bits per heavy atom. The summed E-state index contributed by atoms with van der Waals surface area (Å²) in [6.45, 7) is 0. The fraction of sp³-hybridized carbons (Fsp3) is 0.0476. The molecule has 0 atom stereocenters. The third-order valence-corrected chi connectivity index (χ3v) is 6.07. The van der Waals surface area contributed by atoms with Crippen LogP contribution < -0.4 is 0 Å². The SMILES string of the molecule is O=S(=O)(c1ccc2ccccc2c1-c1cccc2ccccc12)C(F)(F)F. The van der Waals surface area contributed by atoms with E-state index in [1.807, 2.05) is 18.2 Å². The van der Waals surface area contributed by atoms with Crippen molar-refractivity contribution in [2.75, 3.05) is 0 Å². The summed E-state index contributed by atoms with van der Waals surface area (Å²) in [4.78, 5) is -0.731. The molecule has 4 aromatic carbocycles. The molecule has 0 radical (unpaired) electrons. The van der Waals surface area contributed by atoms with Crippen molar-refractivity contribution in [3.63, 3.8) is 0 Å². The molecule has 0 amide bonds. The Morgan fingerprint density at radius 3 is 1.85 bits per heavy atom. The summed E-state index contributed by atoms with van der Waals surface area (Å²) in [6.07, 6.45) is 0. The van der Waals surface area contributed by atoms with Crippen molar-refractivity contribution >= 4 is 31.4 Å². The molecule has 0 aromatic heterocycles. The van der Waals surface area contributed by atoms with Gasteiger partial charge in [0.25, 0.3) is 9.84 Å². The van der Waals surface area contributed by atoms with Gasteiger partial charge in [0.15, 0.2) is 0 Å². The van der Waals surface area contributed by atoms with Gasteiger partial charge >= 0.3 is 5.51 Å². The predicted molar refractivity (Wildman–Crippen MR) is 100 cm³/mol. The van der Waals surface area contributed by atoms with Crippen molar-refractivity contribution in [3.8, 4) is 11.1 Å². The van der Waals surface area contributed by atoms with Gasteiger partial charge in [0.1, 0.15) is 0 Å². The van der Waals surface area contributed by atoms with Crippen LogP contribution in [0, 0.1) is 0 Å². The van der Waals surface area contributed by atoms with Crippen molar-refractivity contribution in [3.05, 3.63) is 78.9 Å². The van der Waals surface area contributed by atoms with Crippen molar-refractivity contribution < 1.29 is 21.6 Å². The second kappa shape index (κ2) is 6.09. The average molecular weight is 386 g/mol. The zero-order valence-electron chi connectivity index (χ0n) is 13.9. The first kappa shape index (κ1) is 17.5. The van der Waals surface area contributed by atoms with Crippen LogP contribution in [0.1, 0.15) is 0 Å². The van der Waals surface area contributed by atoms with Gasteiger partial charge in [-0.2, -0.15) is 13.2 Å². The second-order valence-corrected chi connectivity index (χ2v) is 8.05. The molecule has 0 bridgehead atoms. The van der Waals surface area contributed by atoms with E-state index in [9.17, 15) is 21.6 Å². The molecular weight excluding hydrogens is 373 g/mol. The van der Waals surface area contributed by atoms with Gasteiger partial charge in [-0.05, 0) is 33.2 Å². The Kier molecular flexibility index (Phi) is 3.96. The van der Waals surface area contributed by atoms with Crippen molar-refractivity contribution in [2.45, 2.75) is 10.4 Å². The average Bonchev–Trinajstić information content (AvgIpc) is 2.65. The molecular formula is C21H13F3O2S. The van der Waals surface area contributed by atoms with Gasteiger partial charge in [0.05, 0.1) is 4.90 Å². The monoisotopic (exact) mass is 386 g/mol. The fourth-order valence-electron chi connectivity index (χ4n) is 3.32. The highest BCUT2D eigenvalue weighted by atomic mass is 32.2. The van der Waals surface area contributed by atoms with E-state index in [-0.39, 0.29) is 5.56 Å². The Hall–Kier alpha value is -2.86. The van der Waals surface area contributed by atoms with Crippen LogP contribution >= 0.6 is 0 Å². The maximum absolute atomic E-state index is 13.3. The Labute approximate surface area is 153 Å². The molecule has 6 heteroatoms. The highest BCUT2D eigenvalue weighted by Gasteiger charge is 2.48. The quantitative estimate of drug-likeness (QED) is 0.426. The number of rotatable bonds is 2. The van der Waals surface area contributed by atoms with Gasteiger partial charge in [-0.25, -0.2) is 8.42 Å². The van der Waals surface area contributed by atoms with E-state index in [0.29, 0.717) is 21.7 Å². The molecule has 0 unspecified atom stereocenters. The van der Waals surface area contributed by atoms with Crippen LogP contribution in [-0.2, 0) is 9.84 Å². The van der Waals surface area contributed by atoms with Crippen LogP contribution in [-0.4, -0.2) is 13.9 Å². The number of halogens is 3. The topological polar surface area (TPSA) is 34.1 Å². The number of fused-ring (bicyclic) bond motifs is 2. The molecule has 27 heavy (non-hydrogen) atoms. The number of alkyl halides is 3. The lowest BCUT2D eigenvalue weighted by Gasteiger charge is -2.17. The molecule has 0 aliphatic carbocycles. The first-order chi connectivity index (χ1) is 12.8. The zero-order chi connectivity index (χ0) is 19.2. The highest BCUT2D eigenvalue weighted by Crippen LogP contribution is 2.42. The molecule has 0 aliphatic rings. The number of benzene rings is 4. The summed E-state index contributed by atoms with van der Waals surface area (Å²) in [7, 11) is -5.52. The van der Waals surface area contributed by atoms with Crippen LogP contribution in [0.2, 0.25) is 0 Å². The summed E-state index contributed by atoms with van der Waals surface area (Å²) in [6, 6.07) is 21.7. The normalized spacial score (nSPS) is 12.6. The number of hydrogen-bond donors (Lipinski definition) is 0. The molecule has 4 aromatic rings. The van der Waals surface area contributed by atoms with Crippen molar-refractivity contribution in [1.29, 1.82) is 0 Å². The van der Waals surface area contributed by atoms with E-state index >= 15 is 0 Å². The molecule has 0 aliphatic heterocycles. The Balaban J connectivity index is 2.20. The maximum atomic E-state index is 13.3. The molecule has 4 rings (SSSR count). The van der Waals surface area contributed by atoms with Crippen LogP contribution in [0.3, 0.4) is 0 Å². The van der Waals surface area contributed by atoms with Crippen LogP contribution in [0.5, 0.6) is 0 Å². The molecule has 136 valence electrons. The number of hydrogen-bond acceptors (Lipinski definition) is 2. The van der Waals surface area contributed by atoms with Gasteiger partial charge < -0.3 is 0 Å². The summed E-state index contributed by atoms with van der Waals surface area (Å²) >= 11 is 0. The smallest absolute Gasteiger partial charge is 0.214 e. The zero-order valence-corrected chi connectivity index (χ0v) is 14.7. The van der Waals surface area contributed by atoms with Crippen LogP contribution in [0.15, 0.2) is 83.8 Å².